The van der Waals surface area contributed by atoms with Crippen LogP contribution < -0.4 is 5.32 Å². The molecule has 17 heavy (non-hydrogen) atoms. The van der Waals surface area contributed by atoms with E-state index >= 15 is 0 Å². The van der Waals surface area contributed by atoms with E-state index in [4.69, 9.17) is 0 Å². The molecule has 0 aromatic heterocycles. The van der Waals surface area contributed by atoms with Gasteiger partial charge in [0, 0.05) is 31.3 Å². The lowest BCUT2D eigenvalue weighted by Crippen LogP contribution is -2.38. The van der Waals surface area contributed by atoms with Crippen molar-refractivity contribution in [3.05, 3.63) is 35.4 Å². The molecule has 1 aromatic rings. The van der Waals surface area contributed by atoms with Crippen LogP contribution in [0.3, 0.4) is 0 Å². The number of hydrogen-bond donors (Lipinski definition) is 1. The summed E-state index contributed by atoms with van der Waals surface area (Å²) < 4.78 is 26.0. The summed E-state index contributed by atoms with van der Waals surface area (Å²) in [6.07, 6.45) is 0.861. The third-order valence-corrected chi connectivity index (χ3v) is 3.01. The minimum atomic E-state index is -0.730. The molecule has 1 fully saturated rings. The van der Waals surface area contributed by atoms with Gasteiger partial charge in [-0.05, 0) is 25.1 Å². The predicted molar refractivity (Wildman–Crippen MR) is 59.7 cm³/mol. The van der Waals surface area contributed by atoms with Crippen LogP contribution in [0.4, 0.5) is 8.78 Å². The molecule has 1 heterocycles. The Morgan fingerprint density at radius 1 is 1.35 bits per heavy atom. The highest BCUT2D eigenvalue weighted by Crippen LogP contribution is 2.14. The number of nitrogens with one attached hydrogen (secondary N) is 1. The largest absolute Gasteiger partial charge is 0.337 e. The molecule has 0 bridgehead atoms. The first-order chi connectivity index (χ1) is 8.08. The van der Waals surface area contributed by atoms with Gasteiger partial charge in [0.05, 0.1) is 0 Å². The lowest BCUT2D eigenvalue weighted by Gasteiger charge is -2.23. The standard InChI is InChI=1S/C12H14F2N2O/c1-16(11-2-3-15-7-11)12(17)8-4-9(13)6-10(14)5-8/h4-6,11,15H,2-3,7H2,1H3/t11-/m0/s1. The molecule has 1 aromatic carbocycles. The summed E-state index contributed by atoms with van der Waals surface area (Å²) in [6, 6.07) is 2.97. The van der Waals surface area contributed by atoms with E-state index in [2.05, 4.69) is 5.32 Å². The molecule has 1 aliphatic rings. The third kappa shape index (κ3) is 2.61. The van der Waals surface area contributed by atoms with E-state index in [1.165, 1.54) is 4.90 Å². The van der Waals surface area contributed by atoms with Crippen LogP contribution in [0.5, 0.6) is 0 Å². The molecular weight excluding hydrogens is 226 g/mol. The number of benzene rings is 1. The Kier molecular flexibility index (Phi) is 3.38. The monoisotopic (exact) mass is 240 g/mol. The average molecular weight is 240 g/mol. The molecule has 1 atom stereocenters. The number of hydrogen-bond acceptors (Lipinski definition) is 2. The number of rotatable bonds is 2. The fraction of sp³-hybridized carbons (Fsp3) is 0.417. The number of amides is 1. The second kappa shape index (κ2) is 4.79. The van der Waals surface area contributed by atoms with Crippen LogP contribution in [0.25, 0.3) is 0 Å². The highest BCUT2D eigenvalue weighted by atomic mass is 19.1. The molecule has 3 nitrogen and oxygen atoms in total. The first-order valence-corrected chi connectivity index (χ1v) is 5.52. The van der Waals surface area contributed by atoms with E-state index in [1.807, 2.05) is 0 Å². The van der Waals surface area contributed by atoms with Gasteiger partial charge in [-0.25, -0.2) is 8.78 Å². The van der Waals surface area contributed by atoms with Crippen molar-refractivity contribution in [3.63, 3.8) is 0 Å². The number of halogens is 2. The van der Waals surface area contributed by atoms with Crippen LogP contribution in [0, 0.1) is 11.6 Å². The van der Waals surface area contributed by atoms with Crippen molar-refractivity contribution < 1.29 is 13.6 Å². The zero-order valence-corrected chi connectivity index (χ0v) is 9.54. The Labute approximate surface area is 98.4 Å². The molecule has 5 heteroatoms. The Morgan fingerprint density at radius 2 is 2.00 bits per heavy atom. The quantitative estimate of drug-likeness (QED) is 0.847. The summed E-state index contributed by atoms with van der Waals surface area (Å²) in [5.74, 6) is -1.81. The van der Waals surface area contributed by atoms with Crippen molar-refractivity contribution in [1.29, 1.82) is 0 Å². The van der Waals surface area contributed by atoms with Crippen LogP contribution in [0.1, 0.15) is 16.8 Å². The van der Waals surface area contributed by atoms with Gasteiger partial charge in [0.15, 0.2) is 0 Å². The highest BCUT2D eigenvalue weighted by Gasteiger charge is 2.24. The summed E-state index contributed by atoms with van der Waals surface area (Å²) in [5, 5.41) is 3.14. The Balaban J connectivity index is 2.17. The van der Waals surface area contributed by atoms with Gasteiger partial charge in [0.2, 0.25) is 0 Å². The Bertz CT molecular complexity index is 410. The van der Waals surface area contributed by atoms with Crippen molar-refractivity contribution in [1.82, 2.24) is 10.2 Å². The van der Waals surface area contributed by atoms with Gasteiger partial charge < -0.3 is 10.2 Å². The summed E-state index contributed by atoms with van der Waals surface area (Å²) in [4.78, 5) is 13.5. The average Bonchev–Trinajstić information content (AvgIpc) is 2.79. The van der Waals surface area contributed by atoms with Gasteiger partial charge in [-0.2, -0.15) is 0 Å². The van der Waals surface area contributed by atoms with E-state index in [9.17, 15) is 13.6 Å². The Hall–Kier alpha value is -1.49. The lowest BCUT2D eigenvalue weighted by atomic mass is 10.1. The molecule has 0 spiro atoms. The minimum Gasteiger partial charge on any atom is -0.337 e. The van der Waals surface area contributed by atoms with Crippen molar-refractivity contribution in [2.24, 2.45) is 0 Å². The van der Waals surface area contributed by atoms with E-state index in [0.717, 1.165) is 37.7 Å². The summed E-state index contributed by atoms with van der Waals surface area (Å²) in [7, 11) is 1.66. The highest BCUT2D eigenvalue weighted by molar-refractivity contribution is 5.94. The van der Waals surface area contributed by atoms with Gasteiger partial charge >= 0.3 is 0 Å². The SMILES string of the molecule is CN(C(=O)c1cc(F)cc(F)c1)[C@H]1CCNC1. The summed E-state index contributed by atoms with van der Waals surface area (Å²) in [6.45, 7) is 1.58. The zero-order valence-electron chi connectivity index (χ0n) is 9.54. The second-order valence-corrected chi connectivity index (χ2v) is 4.22. The third-order valence-electron chi connectivity index (χ3n) is 3.01. The number of carbonyl (C=O) groups excluding carboxylic acids is 1. The fourth-order valence-electron chi connectivity index (χ4n) is 2.02. The van der Waals surface area contributed by atoms with Gasteiger partial charge in [-0.15, -0.1) is 0 Å². The van der Waals surface area contributed by atoms with E-state index < -0.39 is 11.6 Å². The summed E-state index contributed by atoms with van der Waals surface area (Å²) in [5.41, 5.74) is 0.0527. The molecule has 0 aliphatic carbocycles. The van der Waals surface area contributed by atoms with E-state index in [1.54, 1.807) is 7.05 Å². The minimum absolute atomic E-state index is 0.0527. The van der Waals surface area contributed by atoms with E-state index in [-0.39, 0.29) is 17.5 Å². The molecule has 92 valence electrons. The van der Waals surface area contributed by atoms with Crippen molar-refractivity contribution in [2.45, 2.75) is 12.5 Å². The van der Waals surface area contributed by atoms with Crippen LogP contribution in [-0.4, -0.2) is 37.0 Å². The maximum Gasteiger partial charge on any atom is 0.254 e. The van der Waals surface area contributed by atoms with Crippen LogP contribution in [0.15, 0.2) is 18.2 Å². The van der Waals surface area contributed by atoms with Gasteiger partial charge in [0.25, 0.3) is 5.91 Å². The van der Waals surface area contributed by atoms with Crippen molar-refractivity contribution in [2.75, 3.05) is 20.1 Å². The number of carbonyl (C=O) groups is 1. The first-order valence-electron chi connectivity index (χ1n) is 5.52. The van der Waals surface area contributed by atoms with E-state index in [0.29, 0.717) is 0 Å². The maximum atomic E-state index is 13.0. The number of nitrogens with zero attached hydrogens (tertiary/aromatic N) is 1. The molecule has 1 aliphatic heterocycles. The van der Waals surface area contributed by atoms with Gasteiger partial charge in [-0.1, -0.05) is 0 Å². The van der Waals surface area contributed by atoms with Gasteiger partial charge in [-0.3, -0.25) is 4.79 Å². The van der Waals surface area contributed by atoms with Crippen molar-refractivity contribution >= 4 is 5.91 Å². The lowest BCUT2D eigenvalue weighted by molar-refractivity contribution is 0.0742. The fourth-order valence-corrected chi connectivity index (χ4v) is 2.02. The maximum absolute atomic E-state index is 13.0. The topological polar surface area (TPSA) is 32.3 Å². The predicted octanol–water partition coefficient (Wildman–Crippen LogP) is 1.40. The molecule has 1 amide bonds. The first kappa shape index (κ1) is 12.0. The molecule has 1 N–H and O–H groups in total. The van der Waals surface area contributed by atoms with Crippen molar-refractivity contribution in [3.8, 4) is 0 Å². The second-order valence-electron chi connectivity index (χ2n) is 4.22. The molecular formula is C12H14F2N2O. The van der Waals surface area contributed by atoms with Crippen LogP contribution in [0.2, 0.25) is 0 Å². The van der Waals surface area contributed by atoms with Crippen LogP contribution >= 0.6 is 0 Å². The molecule has 0 saturated carbocycles. The van der Waals surface area contributed by atoms with Gasteiger partial charge in [0.1, 0.15) is 11.6 Å². The Morgan fingerprint density at radius 3 is 2.53 bits per heavy atom. The molecule has 2 rings (SSSR count). The normalized spacial score (nSPS) is 19.4. The smallest absolute Gasteiger partial charge is 0.254 e. The number of likely N-dealkylation sites (N-methyl/N-ethyl adjacent to an activating group) is 1. The zero-order chi connectivity index (χ0) is 12.4. The molecule has 0 radical (unpaired) electrons. The van der Waals surface area contributed by atoms with Crippen LogP contribution in [-0.2, 0) is 0 Å². The summed E-state index contributed by atoms with van der Waals surface area (Å²) >= 11 is 0. The molecule has 1 saturated heterocycles. The molecule has 0 unspecified atom stereocenters.